The Morgan fingerprint density at radius 3 is 2.62 bits per heavy atom. The summed E-state index contributed by atoms with van der Waals surface area (Å²) in [6.07, 6.45) is 1.03. The van der Waals surface area contributed by atoms with Crippen molar-refractivity contribution >= 4 is 16.6 Å². The molecule has 0 amide bonds. The lowest BCUT2D eigenvalue weighted by Crippen LogP contribution is -2.21. The van der Waals surface area contributed by atoms with E-state index in [1.807, 2.05) is 0 Å². The van der Waals surface area contributed by atoms with Gasteiger partial charge in [-0.15, -0.1) is 0 Å². The molecular formula is C19H20N2. The third-order valence-corrected chi connectivity index (χ3v) is 4.64. The average Bonchev–Trinajstić information content (AvgIpc) is 3.04. The molecule has 2 aromatic carbocycles. The van der Waals surface area contributed by atoms with Crippen LogP contribution in [0.25, 0.3) is 22.0 Å². The zero-order chi connectivity index (χ0) is 14.4. The standard InChI is InChI=1S/C19H20N2/c1-3-21(4-2)17-11-7-10-15-19(17)18-14-9-6-5-8-13(14)12-16(18)20-15/h5-11,20H,3-4,12H2,1-2H3. The average molecular weight is 276 g/mol. The molecule has 1 aromatic heterocycles. The van der Waals surface area contributed by atoms with Crippen LogP contribution in [0.3, 0.4) is 0 Å². The van der Waals surface area contributed by atoms with Gasteiger partial charge >= 0.3 is 0 Å². The molecule has 0 unspecified atom stereocenters. The van der Waals surface area contributed by atoms with E-state index >= 15 is 0 Å². The zero-order valence-corrected chi connectivity index (χ0v) is 12.6. The number of rotatable bonds is 3. The van der Waals surface area contributed by atoms with Gasteiger partial charge in [-0.3, -0.25) is 0 Å². The molecule has 0 aliphatic heterocycles. The fraction of sp³-hybridized carbons (Fsp3) is 0.263. The second-order valence-electron chi connectivity index (χ2n) is 5.68. The molecule has 0 bridgehead atoms. The Balaban J connectivity index is 2.04. The van der Waals surface area contributed by atoms with Gasteiger partial charge in [-0.1, -0.05) is 30.3 Å². The summed E-state index contributed by atoms with van der Waals surface area (Å²) in [7, 11) is 0. The monoisotopic (exact) mass is 276 g/mol. The van der Waals surface area contributed by atoms with E-state index in [2.05, 4.69) is 66.2 Å². The summed E-state index contributed by atoms with van der Waals surface area (Å²) >= 11 is 0. The molecule has 1 N–H and O–H groups in total. The fourth-order valence-corrected chi connectivity index (χ4v) is 3.65. The van der Waals surface area contributed by atoms with Crippen LogP contribution in [-0.4, -0.2) is 18.1 Å². The number of nitrogens with one attached hydrogen (secondary N) is 1. The van der Waals surface area contributed by atoms with Crippen LogP contribution in [0.15, 0.2) is 42.5 Å². The number of benzene rings is 2. The number of anilines is 1. The first-order valence-electron chi connectivity index (χ1n) is 7.80. The Morgan fingerprint density at radius 1 is 1.00 bits per heavy atom. The lowest BCUT2D eigenvalue weighted by molar-refractivity contribution is 0.871. The van der Waals surface area contributed by atoms with Crippen molar-refractivity contribution in [2.24, 2.45) is 0 Å². The number of aromatic nitrogens is 1. The maximum absolute atomic E-state index is 3.64. The van der Waals surface area contributed by atoms with E-state index in [9.17, 15) is 0 Å². The highest BCUT2D eigenvalue weighted by atomic mass is 15.1. The maximum Gasteiger partial charge on any atom is 0.0483 e. The molecule has 2 heteroatoms. The van der Waals surface area contributed by atoms with Gasteiger partial charge in [-0.25, -0.2) is 0 Å². The molecule has 3 aromatic rings. The number of hydrogen-bond donors (Lipinski definition) is 1. The second-order valence-corrected chi connectivity index (χ2v) is 5.68. The van der Waals surface area contributed by atoms with Crippen molar-refractivity contribution < 1.29 is 0 Å². The fourth-order valence-electron chi connectivity index (χ4n) is 3.65. The van der Waals surface area contributed by atoms with Crippen molar-refractivity contribution in [3.05, 3.63) is 53.7 Å². The maximum atomic E-state index is 3.64. The zero-order valence-electron chi connectivity index (χ0n) is 12.6. The van der Waals surface area contributed by atoms with Crippen molar-refractivity contribution in [2.45, 2.75) is 20.3 Å². The number of fused-ring (bicyclic) bond motifs is 5. The quantitative estimate of drug-likeness (QED) is 0.580. The molecule has 1 aliphatic carbocycles. The molecule has 0 spiro atoms. The highest BCUT2D eigenvalue weighted by Crippen LogP contribution is 2.44. The SMILES string of the molecule is CCN(CC)c1cccc2[nH]c3c(c12)-c1ccccc1C3. The normalized spacial score (nSPS) is 12.5. The second kappa shape index (κ2) is 4.66. The van der Waals surface area contributed by atoms with E-state index in [-0.39, 0.29) is 0 Å². The first kappa shape index (κ1) is 12.5. The lowest BCUT2D eigenvalue weighted by Gasteiger charge is -2.22. The van der Waals surface area contributed by atoms with Crippen LogP contribution in [-0.2, 0) is 6.42 Å². The number of H-pyrrole nitrogens is 1. The van der Waals surface area contributed by atoms with Crippen molar-refractivity contribution in [1.82, 2.24) is 4.98 Å². The topological polar surface area (TPSA) is 19.0 Å². The largest absolute Gasteiger partial charge is 0.372 e. The van der Waals surface area contributed by atoms with Crippen molar-refractivity contribution in [3.8, 4) is 11.1 Å². The van der Waals surface area contributed by atoms with E-state index in [1.54, 1.807) is 0 Å². The van der Waals surface area contributed by atoms with E-state index in [1.165, 1.54) is 39.0 Å². The third-order valence-electron chi connectivity index (χ3n) is 4.64. The van der Waals surface area contributed by atoms with E-state index in [4.69, 9.17) is 0 Å². The number of aromatic amines is 1. The Morgan fingerprint density at radius 2 is 1.81 bits per heavy atom. The molecular weight excluding hydrogens is 256 g/mol. The van der Waals surface area contributed by atoms with Gasteiger partial charge < -0.3 is 9.88 Å². The molecule has 0 saturated heterocycles. The number of hydrogen-bond acceptors (Lipinski definition) is 1. The Bertz CT molecular complexity index is 810. The van der Waals surface area contributed by atoms with Crippen LogP contribution in [0.1, 0.15) is 25.1 Å². The Kier molecular flexibility index (Phi) is 2.78. The number of nitrogens with zero attached hydrogens (tertiary/aromatic N) is 1. The highest BCUT2D eigenvalue weighted by molar-refractivity contribution is 6.07. The lowest BCUT2D eigenvalue weighted by atomic mass is 10.0. The van der Waals surface area contributed by atoms with E-state index in [0.29, 0.717) is 0 Å². The summed E-state index contributed by atoms with van der Waals surface area (Å²) in [6.45, 7) is 6.53. The first-order valence-corrected chi connectivity index (χ1v) is 7.80. The van der Waals surface area contributed by atoms with Crippen LogP contribution in [0.5, 0.6) is 0 Å². The van der Waals surface area contributed by atoms with Gasteiger partial charge in [-0.2, -0.15) is 0 Å². The molecule has 21 heavy (non-hydrogen) atoms. The predicted octanol–water partition coefficient (Wildman–Crippen LogP) is 4.59. The van der Waals surface area contributed by atoms with Crippen molar-refractivity contribution in [3.63, 3.8) is 0 Å². The molecule has 0 atom stereocenters. The third kappa shape index (κ3) is 1.72. The molecule has 0 radical (unpaired) electrons. The molecule has 4 rings (SSSR count). The molecule has 1 heterocycles. The smallest absolute Gasteiger partial charge is 0.0483 e. The van der Waals surface area contributed by atoms with Gasteiger partial charge in [0.05, 0.1) is 0 Å². The molecule has 1 aliphatic rings. The van der Waals surface area contributed by atoms with Crippen molar-refractivity contribution in [2.75, 3.05) is 18.0 Å². The minimum Gasteiger partial charge on any atom is -0.372 e. The van der Waals surface area contributed by atoms with Crippen LogP contribution in [0, 0.1) is 0 Å². The summed E-state index contributed by atoms with van der Waals surface area (Å²) in [5.74, 6) is 0. The van der Waals surface area contributed by atoms with Gasteiger partial charge in [0.1, 0.15) is 0 Å². The summed E-state index contributed by atoms with van der Waals surface area (Å²) in [5.41, 5.74) is 8.24. The summed E-state index contributed by atoms with van der Waals surface area (Å²) in [5, 5.41) is 1.39. The van der Waals surface area contributed by atoms with Crippen molar-refractivity contribution in [1.29, 1.82) is 0 Å². The van der Waals surface area contributed by atoms with Crippen LogP contribution in [0.4, 0.5) is 5.69 Å². The van der Waals surface area contributed by atoms with Crippen LogP contribution < -0.4 is 4.90 Å². The molecule has 2 nitrogen and oxygen atoms in total. The van der Waals surface area contributed by atoms with Gasteiger partial charge in [0, 0.05) is 47.4 Å². The Hall–Kier alpha value is -2.22. The predicted molar refractivity (Wildman–Crippen MR) is 90.1 cm³/mol. The minimum absolute atomic E-state index is 1.03. The summed E-state index contributed by atoms with van der Waals surface area (Å²) in [6, 6.07) is 15.4. The summed E-state index contributed by atoms with van der Waals surface area (Å²) in [4.78, 5) is 6.08. The van der Waals surface area contributed by atoms with Gasteiger partial charge in [0.25, 0.3) is 0 Å². The molecule has 0 fully saturated rings. The summed E-state index contributed by atoms with van der Waals surface area (Å²) < 4.78 is 0. The van der Waals surface area contributed by atoms with Gasteiger partial charge in [-0.05, 0) is 37.1 Å². The molecule has 106 valence electrons. The molecule has 0 saturated carbocycles. The highest BCUT2D eigenvalue weighted by Gasteiger charge is 2.24. The van der Waals surface area contributed by atoms with E-state index in [0.717, 1.165) is 19.5 Å². The van der Waals surface area contributed by atoms with Gasteiger partial charge in [0.15, 0.2) is 0 Å². The van der Waals surface area contributed by atoms with E-state index < -0.39 is 0 Å². The first-order chi connectivity index (χ1) is 10.3. The van der Waals surface area contributed by atoms with Gasteiger partial charge in [0.2, 0.25) is 0 Å². The minimum atomic E-state index is 1.03. The van der Waals surface area contributed by atoms with Crippen LogP contribution >= 0.6 is 0 Å². The van der Waals surface area contributed by atoms with Crippen LogP contribution in [0.2, 0.25) is 0 Å². The Labute approximate surface area is 125 Å².